The number of benzene rings is 4. The van der Waals surface area contributed by atoms with E-state index < -0.39 is 12.0 Å². The molecule has 0 heterocycles. The van der Waals surface area contributed by atoms with E-state index in [9.17, 15) is 14.7 Å². The van der Waals surface area contributed by atoms with Gasteiger partial charge in [-0.1, -0.05) is 66.7 Å². The van der Waals surface area contributed by atoms with Crippen molar-refractivity contribution in [1.82, 2.24) is 0 Å². The van der Waals surface area contributed by atoms with Crippen molar-refractivity contribution < 1.29 is 19.4 Å². The summed E-state index contributed by atoms with van der Waals surface area (Å²) in [5.41, 5.74) is 4.73. The summed E-state index contributed by atoms with van der Waals surface area (Å²) in [6.07, 6.45) is 0.250. The third kappa shape index (κ3) is 7.48. The molecule has 0 aliphatic heterocycles. The molecule has 0 saturated heterocycles. The zero-order valence-electron chi connectivity index (χ0n) is 22.3. The van der Waals surface area contributed by atoms with E-state index in [-0.39, 0.29) is 12.2 Å². The van der Waals surface area contributed by atoms with Gasteiger partial charge in [-0.2, -0.15) is 0 Å². The summed E-state index contributed by atoms with van der Waals surface area (Å²) in [5, 5.41) is 13.0. The Hall–Kier alpha value is -4.58. The molecule has 4 aromatic carbocycles. The number of hydrogen-bond donors (Lipinski definition) is 2. The third-order valence-electron chi connectivity index (χ3n) is 6.58. The van der Waals surface area contributed by atoms with Crippen LogP contribution in [0, 0.1) is 6.92 Å². The van der Waals surface area contributed by atoms with Crippen LogP contribution in [0.2, 0.25) is 0 Å². The van der Waals surface area contributed by atoms with Crippen LogP contribution in [0.3, 0.4) is 0 Å². The number of likely N-dealkylation sites (N-methyl/N-ethyl adjacent to an activating group) is 1. The van der Waals surface area contributed by atoms with Crippen molar-refractivity contribution in [2.24, 2.45) is 0 Å². The van der Waals surface area contributed by atoms with E-state index in [0.717, 1.165) is 24.4 Å². The summed E-state index contributed by atoms with van der Waals surface area (Å²) in [6.45, 7) is 6.39. The Kier molecular flexibility index (Phi) is 9.35. The number of para-hydroxylation sites is 1. The summed E-state index contributed by atoms with van der Waals surface area (Å²) < 4.78 is 5.97. The molecule has 0 aliphatic rings. The van der Waals surface area contributed by atoms with Crippen molar-refractivity contribution in [3.05, 3.63) is 125 Å². The number of nitrogens with one attached hydrogen (secondary N) is 1. The first-order valence-corrected chi connectivity index (χ1v) is 13.2. The first-order valence-electron chi connectivity index (χ1n) is 13.2. The number of hydrogen-bond acceptors (Lipinski definition) is 5. The maximum atomic E-state index is 13.1. The Labute approximate surface area is 229 Å². The van der Waals surface area contributed by atoms with Gasteiger partial charge in [0.15, 0.2) is 5.78 Å². The van der Waals surface area contributed by atoms with Crippen LogP contribution in [0.4, 0.5) is 11.4 Å². The van der Waals surface area contributed by atoms with Gasteiger partial charge >= 0.3 is 5.97 Å². The second-order valence-electron chi connectivity index (χ2n) is 9.39. The van der Waals surface area contributed by atoms with Crippen molar-refractivity contribution in [2.75, 3.05) is 29.9 Å². The second kappa shape index (κ2) is 13.3. The molecule has 0 fully saturated rings. The average molecular weight is 523 g/mol. The molecule has 6 nitrogen and oxygen atoms in total. The third-order valence-corrected chi connectivity index (χ3v) is 6.58. The van der Waals surface area contributed by atoms with Crippen LogP contribution in [0.1, 0.15) is 34.0 Å². The van der Waals surface area contributed by atoms with Crippen LogP contribution in [-0.2, 0) is 11.2 Å². The molecule has 2 N–H and O–H groups in total. The number of rotatable bonds is 13. The first-order chi connectivity index (χ1) is 18.9. The number of ether oxygens (including phenoxy) is 1. The van der Waals surface area contributed by atoms with Gasteiger partial charge in [0, 0.05) is 35.5 Å². The number of carboxylic acid groups (broad SMARTS) is 1. The van der Waals surface area contributed by atoms with Gasteiger partial charge in [0.25, 0.3) is 0 Å². The summed E-state index contributed by atoms with van der Waals surface area (Å²) in [7, 11) is 0. The highest BCUT2D eigenvalue weighted by Crippen LogP contribution is 2.22. The minimum absolute atomic E-state index is 0.159. The molecular formula is C33H34N2O4. The van der Waals surface area contributed by atoms with Crippen molar-refractivity contribution in [3.8, 4) is 5.75 Å². The van der Waals surface area contributed by atoms with E-state index in [2.05, 4.69) is 48.3 Å². The fraction of sp³-hybridized carbons (Fsp3) is 0.212. The topological polar surface area (TPSA) is 78.9 Å². The Morgan fingerprint density at radius 1 is 0.897 bits per heavy atom. The van der Waals surface area contributed by atoms with Crippen LogP contribution in [0.25, 0.3) is 0 Å². The molecule has 0 bridgehead atoms. The Morgan fingerprint density at radius 3 is 2.31 bits per heavy atom. The largest absolute Gasteiger partial charge is 0.492 e. The monoisotopic (exact) mass is 522 g/mol. The van der Waals surface area contributed by atoms with Gasteiger partial charge in [0.1, 0.15) is 18.4 Å². The highest BCUT2D eigenvalue weighted by molar-refractivity contribution is 6.12. The van der Waals surface area contributed by atoms with E-state index in [4.69, 9.17) is 4.74 Å². The van der Waals surface area contributed by atoms with Crippen LogP contribution in [0.15, 0.2) is 103 Å². The fourth-order valence-electron chi connectivity index (χ4n) is 4.47. The van der Waals surface area contributed by atoms with E-state index in [1.165, 1.54) is 11.3 Å². The summed E-state index contributed by atoms with van der Waals surface area (Å²) >= 11 is 0. The van der Waals surface area contributed by atoms with Gasteiger partial charge in [-0.25, -0.2) is 4.79 Å². The molecule has 39 heavy (non-hydrogen) atoms. The zero-order valence-corrected chi connectivity index (χ0v) is 22.3. The van der Waals surface area contributed by atoms with Crippen molar-refractivity contribution in [2.45, 2.75) is 26.3 Å². The molecule has 0 spiro atoms. The lowest BCUT2D eigenvalue weighted by atomic mass is 10.00. The summed E-state index contributed by atoms with van der Waals surface area (Å²) in [4.78, 5) is 27.4. The van der Waals surface area contributed by atoms with E-state index in [0.29, 0.717) is 23.4 Å². The van der Waals surface area contributed by atoms with Crippen LogP contribution >= 0.6 is 0 Å². The lowest BCUT2D eigenvalue weighted by Gasteiger charge is -2.23. The van der Waals surface area contributed by atoms with E-state index in [1.807, 2.05) is 30.3 Å². The molecule has 4 rings (SSSR count). The van der Waals surface area contributed by atoms with Crippen LogP contribution in [-0.4, -0.2) is 42.6 Å². The number of ketones is 1. The predicted octanol–water partition coefficient (Wildman–Crippen LogP) is 6.24. The van der Waals surface area contributed by atoms with Crippen LogP contribution in [0.5, 0.6) is 5.75 Å². The minimum Gasteiger partial charge on any atom is -0.492 e. The summed E-state index contributed by atoms with van der Waals surface area (Å²) in [5.74, 6) is -0.417. The number of carboxylic acids is 1. The van der Waals surface area contributed by atoms with Gasteiger partial charge in [-0.3, -0.25) is 4.79 Å². The highest BCUT2D eigenvalue weighted by atomic mass is 16.5. The number of carbonyl (C=O) groups excluding carboxylic acids is 1. The predicted molar refractivity (Wildman–Crippen MR) is 156 cm³/mol. The molecule has 0 radical (unpaired) electrons. The number of aryl methyl sites for hydroxylation is 1. The maximum absolute atomic E-state index is 13.1. The molecule has 200 valence electrons. The smallest absolute Gasteiger partial charge is 0.326 e. The number of aliphatic carboxylic acids is 1. The fourth-order valence-corrected chi connectivity index (χ4v) is 4.47. The van der Waals surface area contributed by atoms with Gasteiger partial charge in [0.2, 0.25) is 0 Å². The normalized spacial score (nSPS) is 11.4. The number of anilines is 2. The molecule has 0 aromatic heterocycles. The SMILES string of the molecule is CCN(CCOc1ccc(C[C@H](Nc2ccccc2C(=O)c2ccccc2)C(=O)O)cc1)c1cccc(C)c1. The molecule has 6 heteroatoms. The number of carbonyl (C=O) groups is 2. The summed E-state index contributed by atoms with van der Waals surface area (Å²) in [6, 6.07) is 31.0. The molecule has 1 atom stereocenters. The van der Waals surface area contributed by atoms with Crippen molar-refractivity contribution >= 4 is 23.1 Å². The maximum Gasteiger partial charge on any atom is 0.326 e. The molecular weight excluding hydrogens is 488 g/mol. The molecule has 0 aliphatic carbocycles. The molecule has 0 amide bonds. The highest BCUT2D eigenvalue weighted by Gasteiger charge is 2.21. The molecule has 0 saturated carbocycles. The van der Waals surface area contributed by atoms with Gasteiger partial charge in [-0.05, 0) is 61.4 Å². The Bertz CT molecular complexity index is 1390. The van der Waals surface area contributed by atoms with E-state index in [1.54, 1.807) is 48.5 Å². The van der Waals surface area contributed by atoms with Gasteiger partial charge in [-0.15, -0.1) is 0 Å². The van der Waals surface area contributed by atoms with E-state index >= 15 is 0 Å². The quantitative estimate of drug-likeness (QED) is 0.202. The van der Waals surface area contributed by atoms with Crippen LogP contribution < -0.4 is 15.0 Å². The Morgan fingerprint density at radius 2 is 1.62 bits per heavy atom. The second-order valence-corrected chi connectivity index (χ2v) is 9.39. The van der Waals surface area contributed by atoms with Gasteiger partial charge in [0.05, 0.1) is 6.54 Å². The lowest BCUT2D eigenvalue weighted by molar-refractivity contribution is -0.137. The minimum atomic E-state index is -0.993. The molecule has 4 aromatic rings. The first kappa shape index (κ1) is 27.5. The zero-order chi connectivity index (χ0) is 27.6. The van der Waals surface area contributed by atoms with Crippen molar-refractivity contribution in [1.29, 1.82) is 0 Å². The lowest BCUT2D eigenvalue weighted by Crippen LogP contribution is -2.32. The van der Waals surface area contributed by atoms with Gasteiger partial charge < -0.3 is 20.1 Å². The number of nitrogens with zero attached hydrogens (tertiary/aromatic N) is 1. The average Bonchev–Trinajstić information content (AvgIpc) is 2.96. The Balaban J connectivity index is 1.37. The molecule has 0 unspecified atom stereocenters. The standard InChI is InChI=1S/C33H34N2O4/c1-3-35(27-13-9-10-24(2)22-27)20-21-39-28-18-16-25(17-19-28)23-31(33(37)38)34-30-15-8-7-14-29(30)32(36)26-11-5-4-6-12-26/h4-19,22,31,34H,3,20-21,23H2,1-2H3,(H,37,38)/t31-/m0/s1. The van der Waals surface area contributed by atoms with Crippen molar-refractivity contribution in [3.63, 3.8) is 0 Å².